The summed E-state index contributed by atoms with van der Waals surface area (Å²) in [6.45, 7) is 5.16. The van der Waals surface area contributed by atoms with Crippen LogP contribution in [0.25, 0.3) is 0 Å². The minimum absolute atomic E-state index is 0.0246. The van der Waals surface area contributed by atoms with Crippen LogP contribution in [0.5, 0.6) is 0 Å². The molecule has 19 heavy (non-hydrogen) atoms. The molecule has 3 heteroatoms. The van der Waals surface area contributed by atoms with Crippen LogP contribution in [0.3, 0.4) is 0 Å². The van der Waals surface area contributed by atoms with Gasteiger partial charge in [-0.25, -0.2) is 0 Å². The molecule has 0 fully saturated rings. The van der Waals surface area contributed by atoms with Crippen molar-refractivity contribution >= 4 is 5.97 Å². The first-order valence-corrected chi connectivity index (χ1v) is 7.18. The minimum Gasteiger partial charge on any atom is -0.481 e. The van der Waals surface area contributed by atoms with Crippen molar-refractivity contribution in [3.8, 4) is 0 Å². The normalized spacial score (nSPS) is 12.3. The zero-order chi connectivity index (χ0) is 14.1. The van der Waals surface area contributed by atoms with Gasteiger partial charge in [-0.15, -0.1) is 0 Å². The number of hydrogen-bond donors (Lipinski definition) is 2. The van der Waals surface area contributed by atoms with Crippen LogP contribution in [0.15, 0.2) is 24.3 Å². The summed E-state index contributed by atoms with van der Waals surface area (Å²) in [5, 5.41) is 12.3. The number of benzene rings is 1. The van der Waals surface area contributed by atoms with Gasteiger partial charge in [0.15, 0.2) is 0 Å². The third kappa shape index (κ3) is 6.39. The van der Waals surface area contributed by atoms with Crippen LogP contribution in [0.4, 0.5) is 0 Å². The van der Waals surface area contributed by atoms with Crippen LogP contribution in [-0.2, 0) is 17.6 Å². The molecule has 0 aliphatic carbocycles. The molecule has 0 saturated carbocycles. The van der Waals surface area contributed by atoms with Gasteiger partial charge in [0.1, 0.15) is 0 Å². The highest BCUT2D eigenvalue weighted by Gasteiger charge is 2.13. The number of carbonyl (C=O) groups is 1. The fraction of sp³-hybridized carbons (Fsp3) is 0.562. The highest BCUT2D eigenvalue weighted by Crippen LogP contribution is 2.09. The second-order valence-electron chi connectivity index (χ2n) is 4.98. The molecule has 1 rings (SSSR count). The molecule has 106 valence electrons. The molecule has 1 unspecified atom stereocenters. The van der Waals surface area contributed by atoms with E-state index in [1.807, 2.05) is 0 Å². The molecule has 0 saturated heterocycles. The molecule has 1 atom stereocenters. The number of rotatable bonds is 9. The molecule has 0 heterocycles. The van der Waals surface area contributed by atoms with E-state index < -0.39 is 5.97 Å². The molecule has 0 bridgehead atoms. The summed E-state index contributed by atoms with van der Waals surface area (Å²) in [5.41, 5.74) is 2.52. The number of unbranched alkanes of at least 4 members (excludes halogenated alkanes) is 1. The Kier molecular flexibility index (Phi) is 7.19. The number of carboxylic acid groups (broad SMARTS) is 1. The van der Waals surface area contributed by atoms with E-state index in [9.17, 15) is 4.79 Å². The predicted octanol–water partition coefficient (Wildman–Crippen LogP) is 3.02. The van der Waals surface area contributed by atoms with Gasteiger partial charge in [-0.3, -0.25) is 4.79 Å². The van der Waals surface area contributed by atoms with Crippen LogP contribution >= 0.6 is 0 Å². The number of aliphatic carboxylic acids is 1. The fourth-order valence-electron chi connectivity index (χ4n) is 2.11. The maximum Gasteiger partial charge on any atom is 0.304 e. The van der Waals surface area contributed by atoms with E-state index in [2.05, 4.69) is 43.4 Å². The van der Waals surface area contributed by atoms with Crippen LogP contribution in [0, 0.1) is 0 Å². The molecule has 0 aliphatic rings. The Bertz CT molecular complexity index is 373. The first-order chi connectivity index (χ1) is 9.15. The summed E-state index contributed by atoms with van der Waals surface area (Å²) in [4.78, 5) is 10.9. The van der Waals surface area contributed by atoms with Crippen LogP contribution in [0.1, 0.15) is 44.2 Å². The Morgan fingerprint density at radius 3 is 2.37 bits per heavy atom. The van der Waals surface area contributed by atoms with Crippen LogP contribution < -0.4 is 5.32 Å². The van der Waals surface area contributed by atoms with Crippen molar-refractivity contribution < 1.29 is 9.90 Å². The minimum atomic E-state index is -0.737. The van der Waals surface area contributed by atoms with E-state index in [0.717, 1.165) is 32.2 Å². The standard InChI is InChI=1S/C16H25NO2/c1-3-5-10-17-15(12-16(18)19)11-14-8-6-13(4-2)7-9-14/h6-9,15,17H,3-5,10-12H2,1-2H3,(H,18,19). The summed E-state index contributed by atoms with van der Waals surface area (Å²) in [6.07, 6.45) is 4.20. The zero-order valence-corrected chi connectivity index (χ0v) is 12.0. The van der Waals surface area contributed by atoms with E-state index in [1.54, 1.807) is 0 Å². The van der Waals surface area contributed by atoms with Crippen molar-refractivity contribution in [2.45, 2.75) is 52.0 Å². The topological polar surface area (TPSA) is 49.3 Å². The van der Waals surface area contributed by atoms with Gasteiger partial charge in [-0.05, 0) is 36.9 Å². The van der Waals surface area contributed by atoms with E-state index in [0.29, 0.717) is 0 Å². The fourth-order valence-corrected chi connectivity index (χ4v) is 2.11. The van der Waals surface area contributed by atoms with Crippen molar-refractivity contribution in [3.05, 3.63) is 35.4 Å². The second-order valence-corrected chi connectivity index (χ2v) is 4.98. The van der Waals surface area contributed by atoms with Gasteiger partial charge in [0, 0.05) is 6.04 Å². The lowest BCUT2D eigenvalue weighted by Gasteiger charge is -2.17. The maximum absolute atomic E-state index is 10.9. The lowest BCUT2D eigenvalue weighted by atomic mass is 10.0. The Morgan fingerprint density at radius 2 is 1.84 bits per heavy atom. The SMILES string of the molecule is CCCCNC(CC(=O)O)Cc1ccc(CC)cc1. The molecular formula is C16H25NO2. The third-order valence-corrected chi connectivity index (χ3v) is 3.30. The van der Waals surface area contributed by atoms with E-state index >= 15 is 0 Å². The molecule has 0 spiro atoms. The predicted molar refractivity (Wildman–Crippen MR) is 78.5 cm³/mol. The average Bonchev–Trinajstić information content (AvgIpc) is 2.39. The molecule has 0 aromatic heterocycles. The third-order valence-electron chi connectivity index (χ3n) is 3.30. The largest absolute Gasteiger partial charge is 0.481 e. The number of aryl methyl sites for hydroxylation is 1. The van der Waals surface area contributed by atoms with Crippen molar-refractivity contribution in [2.24, 2.45) is 0 Å². The Balaban J connectivity index is 2.55. The van der Waals surface area contributed by atoms with Crippen molar-refractivity contribution in [1.29, 1.82) is 0 Å². The second kappa shape index (κ2) is 8.70. The zero-order valence-electron chi connectivity index (χ0n) is 12.0. The van der Waals surface area contributed by atoms with Gasteiger partial charge in [0.2, 0.25) is 0 Å². The first-order valence-electron chi connectivity index (χ1n) is 7.18. The van der Waals surface area contributed by atoms with Gasteiger partial charge in [0.25, 0.3) is 0 Å². The number of carboxylic acids is 1. The molecule has 0 aliphatic heterocycles. The van der Waals surface area contributed by atoms with E-state index in [1.165, 1.54) is 11.1 Å². The number of nitrogens with one attached hydrogen (secondary N) is 1. The quantitative estimate of drug-likeness (QED) is 0.673. The summed E-state index contributed by atoms with van der Waals surface area (Å²) in [6, 6.07) is 8.49. The van der Waals surface area contributed by atoms with Gasteiger partial charge in [-0.2, -0.15) is 0 Å². The van der Waals surface area contributed by atoms with Gasteiger partial charge in [-0.1, -0.05) is 44.5 Å². The van der Waals surface area contributed by atoms with Gasteiger partial charge < -0.3 is 10.4 Å². The lowest BCUT2D eigenvalue weighted by Crippen LogP contribution is -2.34. The summed E-state index contributed by atoms with van der Waals surface area (Å²) in [5.74, 6) is -0.737. The Hall–Kier alpha value is -1.35. The molecule has 1 aromatic carbocycles. The van der Waals surface area contributed by atoms with Crippen molar-refractivity contribution in [3.63, 3.8) is 0 Å². The Morgan fingerprint density at radius 1 is 1.21 bits per heavy atom. The summed E-state index contributed by atoms with van der Waals surface area (Å²) in [7, 11) is 0. The van der Waals surface area contributed by atoms with Crippen LogP contribution in [0.2, 0.25) is 0 Å². The first kappa shape index (κ1) is 15.7. The molecular weight excluding hydrogens is 238 g/mol. The average molecular weight is 263 g/mol. The van der Waals surface area contributed by atoms with E-state index in [4.69, 9.17) is 5.11 Å². The number of hydrogen-bond acceptors (Lipinski definition) is 2. The molecule has 0 amide bonds. The highest BCUT2D eigenvalue weighted by atomic mass is 16.4. The monoisotopic (exact) mass is 263 g/mol. The molecule has 2 N–H and O–H groups in total. The lowest BCUT2D eigenvalue weighted by molar-refractivity contribution is -0.137. The summed E-state index contributed by atoms with van der Waals surface area (Å²) < 4.78 is 0. The molecule has 0 radical (unpaired) electrons. The smallest absolute Gasteiger partial charge is 0.304 e. The van der Waals surface area contributed by atoms with Gasteiger partial charge in [0.05, 0.1) is 6.42 Å². The molecule has 1 aromatic rings. The highest BCUT2D eigenvalue weighted by molar-refractivity contribution is 5.67. The van der Waals surface area contributed by atoms with Crippen LogP contribution in [-0.4, -0.2) is 23.7 Å². The van der Waals surface area contributed by atoms with Gasteiger partial charge >= 0.3 is 5.97 Å². The van der Waals surface area contributed by atoms with E-state index in [-0.39, 0.29) is 12.5 Å². The van der Waals surface area contributed by atoms with Crippen molar-refractivity contribution in [1.82, 2.24) is 5.32 Å². The Labute approximate surface area is 116 Å². The molecule has 3 nitrogen and oxygen atoms in total. The maximum atomic E-state index is 10.9. The summed E-state index contributed by atoms with van der Waals surface area (Å²) >= 11 is 0. The van der Waals surface area contributed by atoms with Crippen molar-refractivity contribution in [2.75, 3.05) is 6.54 Å².